The first-order valence-corrected chi connectivity index (χ1v) is 12.5. The molecule has 0 fully saturated rings. The number of carbonyl (C=O) groups is 1. The Morgan fingerprint density at radius 1 is 1.14 bits per heavy atom. The first-order chi connectivity index (χ1) is 16.8. The van der Waals surface area contributed by atoms with E-state index in [1.807, 2.05) is 37.3 Å². The second kappa shape index (κ2) is 12.5. The Morgan fingerprint density at radius 3 is 2.54 bits per heavy atom. The number of non-ortho nitro benzene ring substituents is 1. The summed E-state index contributed by atoms with van der Waals surface area (Å²) in [6, 6.07) is 18.9. The van der Waals surface area contributed by atoms with E-state index in [9.17, 15) is 20.2 Å². The predicted molar refractivity (Wildman–Crippen MR) is 149 cm³/mol. The number of rotatable bonds is 9. The number of carbonyl (C=O) groups excluding carboxylic acids is 1. The van der Waals surface area contributed by atoms with Crippen molar-refractivity contribution in [3.05, 3.63) is 94.6 Å². The third-order valence-corrected chi connectivity index (χ3v) is 6.14. The maximum atomic E-state index is 12.6. The van der Waals surface area contributed by atoms with E-state index >= 15 is 0 Å². The third kappa shape index (κ3) is 7.40. The number of amides is 1. The van der Waals surface area contributed by atoms with Crippen molar-refractivity contribution in [2.24, 2.45) is 0 Å². The van der Waals surface area contributed by atoms with Crippen LogP contribution in [0.15, 0.2) is 66.2 Å². The van der Waals surface area contributed by atoms with Crippen molar-refractivity contribution in [3.63, 3.8) is 0 Å². The number of hydrogen-bond acceptors (Lipinski definition) is 6. The van der Waals surface area contributed by atoms with Crippen molar-refractivity contribution < 1.29 is 19.2 Å². The van der Waals surface area contributed by atoms with Crippen molar-refractivity contribution in [2.75, 3.05) is 11.9 Å². The summed E-state index contributed by atoms with van der Waals surface area (Å²) in [5.41, 5.74) is 1.47. The van der Waals surface area contributed by atoms with E-state index in [1.54, 1.807) is 12.1 Å². The van der Waals surface area contributed by atoms with E-state index in [2.05, 4.69) is 50.5 Å². The van der Waals surface area contributed by atoms with Gasteiger partial charge in [0, 0.05) is 21.4 Å². The standard InChI is InChI=1S/C25H19I2N3O5/c1-2-34-23-12-17(11-22(27)24(23)35-15-16-6-8-19(26)9-7-16)10-18(14-28)25(31)29-20-4-3-5-21(13-20)30(32)33/h3-13H,2,15H2,1H3,(H,29,31)/b18-10+. The number of anilines is 1. The Hall–Kier alpha value is -3.18. The minimum Gasteiger partial charge on any atom is -0.490 e. The summed E-state index contributed by atoms with van der Waals surface area (Å²) in [7, 11) is 0. The zero-order chi connectivity index (χ0) is 25.4. The zero-order valence-electron chi connectivity index (χ0n) is 18.5. The van der Waals surface area contributed by atoms with Gasteiger partial charge in [0.15, 0.2) is 11.5 Å². The topological polar surface area (TPSA) is 114 Å². The van der Waals surface area contributed by atoms with Gasteiger partial charge in [-0.05, 0) is 99.6 Å². The lowest BCUT2D eigenvalue weighted by Gasteiger charge is -2.15. The van der Waals surface area contributed by atoms with E-state index < -0.39 is 10.8 Å². The molecule has 10 heteroatoms. The fourth-order valence-electron chi connectivity index (χ4n) is 3.02. The van der Waals surface area contributed by atoms with Gasteiger partial charge in [-0.25, -0.2) is 0 Å². The monoisotopic (exact) mass is 695 g/mol. The molecule has 0 spiro atoms. The van der Waals surface area contributed by atoms with Crippen molar-refractivity contribution in [1.82, 2.24) is 0 Å². The molecule has 0 unspecified atom stereocenters. The van der Waals surface area contributed by atoms with Crippen LogP contribution in [-0.2, 0) is 11.4 Å². The molecule has 0 radical (unpaired) electrons. The van der Waals surface area contributed by atoms with Crippen molar-refractivity contribution in [1.29, 1.82) is 5.26 Å². The molecule has 8 nitrogen and oxygen atoms in total. The summed E-state index contributed by atoms with van der Waals surface area (Å²) in [4.78, 5) is 23.0. The minimum absolute atomic E-state index is 0.165. The number of nitro benzene ring substituents is 1. The molecule has 0 aliphatic heterocycles. The molecule has 3 aromatic carbocycles. The second-order valence-corrected chi connectivity index (χ2v) is 9.52. The molecule has 0 aliphatic carbocycles. The lowest BCUT2D eigenvalue weighted by atomic mass is 10.1. The van der Waals surface area contributed by atoms with Gasteiger partial charge in [0.05, 0.1) is 15.1 Å². The molecule has 0 saturated carbocycles. The summed E-state index contributed by atoms with van der Waals surface area (Å²) in [5.74, 6) is 0.384. The van der Waals surface area contributed by atoms with Crippen LogP contribution < -0.4 is 14.8 Å². The summed E-state index contributed by atoms with van der Waals surface area (Å²) in [6.45, 7) is 2.62. The molecule has 0 bridgehead atoms. The molecule has 1 amide bonds. The van der Waals surface area contributed by atoms with Gasteiger partial charge in [-0.2, -0.15) is 5.26 Å². The Labute approximate surface area is 229 Å². The average molecular weight is 695 g/mol. The average Bonchev–Trinajstić information content (AvgIpc) is 2.83. The van der Waals surface area contributed by atoms with Crippen LogP contribution in [0.3, 0.4) is 0 Å². The van der Waals surface area contributed by atoms with Crippen LogP contribution in [0.1, 0.15) is 18.1 Å². The molecule has 3 rings (SSSR count). The SMILES string of the molecule is CCOc1cc(/C=C(\C#N)C(=O)Nc2cccc([N+](=O)[O-])c2)cc(I)c1OCc1ccc(I)cc1. The Bertz CT molecular complexity index is 1320. The highest BCUT2D eigenvalue weighted by Crippen LogP contribution is 2.35. The first-order valence-electron chi connectivity index (χ1n) is 10.3. The lowest BCUT2D eigenvalue weighted by Crippen LogP contribution is -2.13. The van der Waals surface area contributed by atoms with Gasteiger partial charge in [0.25, 0.3) is 11.6 Å². The van der Waals surface area contributed by atoms with Crippen molar-refractivity contribution >= 4 is 68.5 Å². The lowest BCUT2D eigenvalue weighted by molar-refractivity contribution is -0.384. The Balaban J connectivity index is 1.84. The number of benzene rings is 3. The molecule has 0 aliphatic rings. The number of nitrogens with one attached hydrogen (secondary N) is 1. The van der Waals surface area contributed by atoms with Crippen LogP contribution in [0.2, 0.25) is 0 Å². The molecule has 178 valence electrons. The van der Waals surface area contributed by atoms with Gasteiger partial charge in [-0.15, -0.1) is 0 Å². The largest absolute Gasteiger partial charge is 0.490 e. The number of hydrogen-bond donors (Lipinski definition) is 1. The summed E-state index contributed by atoms with van der Waals surface area (Å²) in [5, 5.41) is 23.0. The summed E-state index contributed by atoms with van der Waals surface area (Å²) in [6.07, 6.45) is 1.43. The number of ether oxygens (including phenoxy) is 2. The maximum absolute atomic E-state index is 12.6. The fraction of sp³-hybridized carbons (Fsp3) is 0.120. The van der Waals surface area contributed by atoms with Gasteiger partial charge in [-0.1, -0.05) is 18.2 Å². The number of nitrogens with zero attached hydrogens (tertiary/aromatic N) is 2. The van der Waals surface area contributed by atoms with E-state index in [4.69, 9.17) is 9.47 Å². The van der Waals surface area contributed by atoms with E-state index in [0.717, 1.165) is 12.7 Å². The number of nitro groups is 1. The van der Waals surface area contributed by atoms with Crippen LogP contribution in [-0.4, -0.2) is 17.4 Å². The second-order valence-electron chi connectivity index (χ2n) is 7.11. The molecule has 1 N–H and O–H groups in total. The molecular weight excluding hydrogens is 676 g/mol. The van der Waals surface area contributed by atoms with Gasteiger partial charge >= 0.3 is 0 Å². The molecular formula is C25H19I2N3O5. The molecule has 0 aromatic heterocycles. The minimum atomic E-state index is -0.681. The highest BCUT2D eigenvalue weighted by Gasteiger charge is 2.15. The normalized spacial score (nSPS) is 10.9. The molecule has 0 saturated heterocycles. The smallest absolute Gasteiger partial charge is 0.271 e. The predicted octanol–water partition coefficient (Wildman–Crippen LogP) is 6.33. The van der Waals surface area contributed by atoms with Crippen molar-refractivity contribution in [2.45, 2.75) is 13.5 Å². The van der Waals surface area contributed by atoms with Crippen LogP contribution >= 0.6 is 45.2 Å². The van der Waals surface area contributed by atoms with Gasteiger partial charge in [0.2, 0.25) is 0 Å². The van der Waals surface area contributed by atoms with Crippen LogP contribution in [0.25, 0.3) is 6.08 Å². The Kier molecular flexibility index (Phi) is 9.44. The highest BCUT2D eigenvalue weighted by atomic mass is 127. The van der Waals surface area contributed by atoms with E-state index in [0.29, 0.717) is 30.3 Å². The molecule has 3 aromatic rings. The van der Waals surface area contributed by atoms with Gasteiger partial charge in [0.1, 0.15) is 18.2 Å². The first kappa shape index (κ1) is 26.4. The summed E-state index contributed by atoms with van der Waals surface area (Å²) >= 11 is 4.36. The molecule has 0 atom stereocenters. The summed E-state index contributed by atoms with van der Waals surface area (Å²) < 4.78 is 13.7. The van der Waals surface area contributed by atoms with Gasteiger partial charge in [-0.3, -0.25) is 14.9 Å². The maximum Gasteiger partial charge on any atom is 0.271 e. The van der Waals surface area contributed by atoms with Crippen molar-refractivity contribution in [3.8, 4) is 17.6 Å². The van der Waals surface area contributed by atoms with Gasteiger partial charge < -0.3 is 14.8 Å². The van der Waals surface area contributed by atoms with E-state index in [-0.39, 0.29) is 16.9 Å². The zero-order valence-corrected chi connectivity index (χ0v) is 22.8. The third-order valence-electron chi connectivity index (χ3n) is 4.62. The fourth-order valence-corrected chi connectivity index (χ4v) is 4.16. The van der Waals surface area contributed by atoms with Crippen LogP contribution in [0.4, 0.5) is 11.4 Å². The van der Waals surface area contributed by atoms with Crippen LogP contribution in [0.5, 0.6) is 11.5 Å². The van der Waals surface area contributed by atoms with Crippen LogP contribution in [0, 0.1) is 28.6 Å². The highest BCUT2D eigenvalue weighted by molar-refractivity contribution is 14.1. The van der Waals surface area contributed by atoms with E-state index in [1.165, 1.54) is 30.3 Å². The number of nitriles is 1. The number of halogens is 2. The quantitative estimate of drug-likeness (QED) is 0.0921. The molecule has 0 heterocycles. The molecule has 35 heavy (non-hydrogen) atoms. The Morgan fingerprint density at radius 2 is 1.89 bits per heavy atom.